The lowest BCUT2D eigenvalue weighted by Crippen LogP contribution is -2.20. The third-order valence-corrected chi connectivity index (χ3v) is 5.74. The summed E-state index contributed by atoms with van der Waals surface area (Å²) in [5.41, 5.74) is 5.07. The van der Waals surface area contributed by atoms with Crippen molar-refractivity contribution >= 4 is 40.1 Å². The number of anilines is 1. The van der Waals surface area contributed by atoms with Crippen molar-refractivity contribution in [3.8, 4) is 0 Å². The molecule has 0 aliphatic rings. The molecule has 0 saturated heterocycles. The SMILES string of the molecule is CNc1ccc(/C=C/C(=O)c2c(Cc3ccccc3)c3cc(Cl)ccc3[nH]c2=O)cc1C. The number of H-pyrrole nitrogens is 1. The normalized spacial score (nSPS) is 11.2. The second-order valence-corrected chi connectivity index (χ2v) is 8.12. The molecule has 0 spiro atoms. The number of benzene rings is 3. The highest BCUT2D eigenvalue weighted by Gasteiger charge is 2.18. The fraction of sp³-hybridized carbons (Fsp3) is 0.111. The van der Waals surface area contributed by atoms with Gasteiger partial charge in [0, 0.05) is 28.7 Å². The number of hydrogen-bond acceptors (Lipinski definition) is 3. The van der Waals surface area contributed by atoms with E-state index < -0.39 is 5.56 Å². The average Bonchev–Trinajstić information content (AvgIpc) is 2.79. The van der Waals surface area contributed by atoms with Crippen LogP contribution in [0.25, 0.3) is 17.0 Å². The van der Waals surface area contributed by atoms with Gasteiger partial charge in [-0.05, 0) is 72.0 Å². The van der Waals surface area contributed by atoms with Gasteiger partial charge in [-0.1, -0.05) is 54.1 Å². The number of carbonyl (C=O) groups is 1. The summed E-state index contributed by atoms with van der Waals surface area (Å²) in [6.07, 6.45) is 3.65. The maximum absolute atomic E-state index is 13.2. The smallest absolute Gasteiger partial charge is 0.259 e. The van der Waals surface area contributed by atoms with E-state index in [1.54, 1.807) is 24.3 Å². The Morgan fingerprint density at radius 2 is 1.84 bits per heavy atom. The third-order valence-electron chi connectivity index (χ3n) is 5.50. The lowest BCUT2D eigenvalue weighted by atomic mass is 9.94. The molecule has 160 valence electrons. The van der Waals surface area contributed by atoms with Crippen LogP contribution in [0, 0.1) is 6.92 Å². The van der Waals surface area contributed by atoms with E-state index >= 15 is 0 Å². The monoisotopic (exact) mass is 442 g/mol. The van der Waals surface area contributed by atoms with Crippen molar-refractivity contribution in [1.29, 1.82) is 0 Å². The maximum atomic E-state index is 13.2. The zero-order valence-electron chi connectivity index (χ0n) is 17.9. The van der Waals surface area contributed by atoms with Crippen LogP contribution in [0.1, 0.15) is 32.6 Å². The van der Waals surface area contributed by atoms with Gasteiger partial charge in [0.05, 0.1) is 5.56 Å². The van der Waals surface area contributed by atoms with E-state index in [-0.39, 0.29) is 11.3 Å². The molecule has 1 aromatic heterocycles. The molecule has 0 amide bonds. The number of hydrogen-bond donors (Lipinski definition) is 2. The van der Waals surface area contributed by atoms with Gasteiger partial charge >= 0.3 is 0 Å². The number of fused-ring (bicyclic) bond motifs is 1. The Morgan fingerprint density at radius 3 is 2.56 bits per heavy atom. The fourth-order valence-corrected chi connectivity index (χ4v) is 4.07. The Hall–Kier alpha value is -3.63. The summed E-state index contributed by atoms with van der Waals surface area (Å²) in [4.78, 5) is 29.0. The number of allylic oxidation sites excluding steroid dienone is 1. The molecule has 0 aliphatic carbocycles. The first-order valence-electron chi connectivity index (χ1n) is 10.4. The molecule has 4 nitrogen and oxygen atoms in total. The molecule has 0 saturated carbocycles. The summed E-state index contributed by atoms with van der Waals surface area (Å²) in [7, 11) is 1.87. The number of rotatable bonds is 6. The highest BCUT2D eigenvalue weighted by Crippen LogP contribution is 2.25. The Bertz CT molecular complexity index is 1390. The van der Waals surface area contributed by atoms with E-state index in [4.69, 9.17) is 11.6 Å². The molecular formula is C27H23ClN2O2. The van der Waals surface area contributed by atoms with Crippen LogP contribution in [0.15, 0.2) is 77.6 Å². The van der Waals surface area contributed by atoms with Crippen molar-refractivity contribution in [1.82, 2.24) is 4.98 Å². The molecule has 0 fully saturated rings. The molecule has 4 rings (SSSR count). The van der Waals surface area contributed by atoms with Gasteiger partial charge in [0.1, 0.15) is 0 Å². The standard InChI is InChI=1S/C27H23ClN2O2/c1-17-14-19(8-11-23(17)29-2)9-13-25(31)26-22(15-18-6-4-3-5-7-18)21-16-20(28)10-12-24(21)30-27(26)32/h3-14,16,29H,15H2,1-2H3,(H,30,32)/b13-9+. The van der Waals surface area contributed by atoms with E-state index in [1.807, 2.05) is 62.5 Å². The molecule has 3 aromatic carbocycles. The van der Waals surface area contributed by atoms with Crippen LogP contribution in [0.5, 0.6) is 0 Å². The fourth-order valence-electron chi connectivity index (χ4n) is 3.90. The predicted octanol–water partition coefficient (Wildman–Crippen LogP) is 6.02. The molecule has 0 aliphatic heterocycles. The number of ketones is 1. The van der Waals surface area contributed by atoms with Gasteiger partial charge in [-0.3, -0.25) is 9.59 Å². The minimum Gasteiger partial charge on any atom is -0.388 e. The van der Waals surface area contributed by atoms with Crippen LogP contribution in [-0.2, 0) is 6.42 Å². The molecular weight excluding hydrogens is 420 g/mol. The van der Waals surface area contributed by atoms with Crippen molar-refractivity contribution in [2.75, 3.05) is 12.4 Å². The molecule has 0 atom stereocenters. The lowest BCUT2D eigenvalue weighted by Gasteiger charge is -2.12. The van der Waals surface area contributed by atoms with E-state index in [1.165, 1.54) is 6.08 Å². The summed E-state index contributed by atoms with van der Waals surface area (Å²) >= 11 is 6.25. The summed E-state index contributed by atoms with van der Waals surface area (Å²) < 4.78 is 0. The highest BCUT2D eigenvalue weighted by molar-refractivity contribution is 6.31. The number of aromatic nitrogens is 1. The highest BCUT2D eigenvalue weighted by atomic mass is 35.5. The Morgan fingerprint density at radius 1 is 1.06 bits per heavy atom. The molecule has 5 heteroatoms. The van der Waals surface area contributed by atoms with Gasteiger partial charge in [-0.2, -0.15) is 0 Å². The summed E-state index contributed by atoms with van der Waals surface area (Å²) in [6.45, 7) is 2.00. The van der Waals surface area contributed by atoms with Crippen LogP contribution in [0.2, 0.25) is 5.02 Å². The van der Waals surface area contributed by atoms with Gasteiger partial charge in [-0.15, -0.1) is 0 Å². The average molecular weight is 443 g/mol. The van der Waals surface area contributed by atoms with Gasteiger partial charge in [0.25, 0.3) is 5.56 Å². The van der Waals surface area contributed by atoms with E-state index in [2.05, 4.69) is 10.3 Å². The largest absolute Gasteiger partial charge is 0.388 e. The number of pyridine rings is 1. The lowest BCUT2D eigenvalue weighted by molar-refractivity contribution is 0.104. The molecule has 0 bridgehead atoms. The predicted molar refractivity (Wildman–Crippen MR) is 133 cm³/mol. The van der Waals surface area contributed by atoms with E-state index in [0.29, 0.717) is 22.5 Å². The van der Waals surface area contributed by atoms with Crippen LogP contribution in [0.4, 0.5) is 5.69 Å². The van der Waals surface area contributed by atoms with Crippen molar-refractivity contribution in [2.24, 2.45) is 0 Å². The van der Waals surface area contributed by atoms with Crippen molar-refractivity contribution in [3.63, 3.8) is 0 Å². The number of halogens is 1. The molecule has 0 unspecified atom stereocenters. The summed E-state index contributed by atoms with van der Waals surface area (Å²) in [5, 5.41) is 4.44. The summed E-state index contributed by atoms with van der Waals surface area (Å²) in [6, 6.07) is 21.0. The molecule has 1 heterocycles. The maximum Gasteiger partial charge on any atom is 0.259 e. The van der Waals surface area contributed by atoms with Gasteiger partial charge in [0.15, 0.2) is 5.78 Å². The zero-order valence-corrected chi connectivity index (χ0v) is 18.7. The molecule has 2 N–H and O–H groups in total. The van der Waals surface area contributed by atoms with E-state index in [0.717, 1.165) is 27.8 Å². The molecule has 32 heavy (non-hydrogen) atoms. The van der Waals surface area contributed by atoms with Crippen LogP contribution < -0.4 is 10.9 Å². The van der Waals surface area contributed by atoms with Gasteiger partial charge in [0.2, 0.25) is 0 Å². The molecule has 4 aromatic rings. The topological polar surface area (TPSA) is 62.0 Å². The Balaban J connectivity index is 1.81. The number of aromatic amines is 1. The second-order valence-electron chi connectivity index (χ2n) is 7.68. The Labute approximate surface area is 191 Å². The number of aryl methyl sites for hydroxylation is 1. The number of nitrogens with one attached hydrogen (secondary N) is 2. The third kappa shape index (κ3) is 4.51. The van der Waals surface area contributed by atoms with Crippen LogP contribution in [-0.4, -0.2) is 17.8 Å². The van der Waals surface area contributed by atoms with Crippen molar-refractivity contribution in [3.05, 3.63) is 116 Å². The van der Waals surface area contributed by atoms with Crippen LogP contribution in [0.3, 0.4) is 0 Å². The zero-order chi connectivity index (χ0) is 22.7. The minimum atomic E-state index is -0.401. The number of carbonyl (C=O) groups excluding carboxylic acids is 1. The first-order valence-corrected chi connectivity index (χ1v) is 10.7. The van der Waals surface area contributed by atoms with Crippen molar-refractivity contribution in [2.45, 2.75) is 13.3 Å². The second kappa shape index (κ2) is 9.25. The van der Waals surface area contributed by atoms with Crippen molar-refractivity contribution < 1.29 is 4.79 Å². The van der Waals surface area contributed by atoms with E-state index in [9.17, 15) is 9.59 Å². The first-order chi connectivity index (χ1) is 15.5. The quantitative estimate of drug-likeness (QED) is 0.283. The summed E-state index contributed by atoms with van der Waals surface area (Å²) in [5.74, 6) is -0.339. The van der Waals surface area contributed by atoms with Gasteiger partial charge < -0.3 is 10.3 Å². The van der Waals surface area contributed by atoms with Gasteiger partial charge in [-0.25, -0.2) is 0 Å². The Kier molecular flexibility index (Phi) is 6.24. The van der Waals surface area contributed by atoms with Crippen LogP contribution >= 0.6 is 11.6 Å². The molecule has 0 radical (unpaired) electrons. The minimum absolute atomic E-state index is 0.142. The first kappa shape index (κ1) is 21.6.